The van der Waals surface area contributed by atoms with E-state index in [0.29, 0.717) is 17.7 Å². The van der Waals surface area contributed by atoms with Crippen molar-refractivity contribution < 1.29 is 19.1 Å². The van der Waals surface area contributed by atoms with Crippen molar-refractivity contribution in [3.05, 3.63) is 89.2 Å². The summed E-state index contributed by atoms with van der Waals surface area (Å²) in [4.78, 5) is 22.2. The van der Waals surface area contributed by atoms with Crippen LogP contribution in [0.25, 0.3) is 0 Å². The van der Waals surface area contributed by atoms with Crippen molar-refractivity contribution in [3.8, 4) is 0 Å². The molecule has 0 atom stereocenters. The minimum atomic E-state index is -0.314. The maximum Gasteiger partial charge on any atom is 0.337 e. The molecule has 0 unspecified atom stereocenters. The third kappa shape index (κ3) is 6.35. The van der Waals surface area contributed by atoms with Crippen molar-refractivity contribution in [1.29, 1.82) is 0 Å². The largest absolute Gasteiger partial charge is 0.465 e. The first-order chi connectivity index (χ1) is 13.6. The highest BCUT2D eigenvalue weighted by molar-refractivity contribution is 9.08. The Labute approximate surface area is 172 Å². The summed E-state index contributed by atoms with van der Waals surface area (Å²) in [7, 11) is 2.75. The predicted molar refractivity (Wildman–Crippen MR) is 110 cm³/mol. The molecule has 146 valence electrons. The summed E-state index contributed by atoms with van der Waals surface area (Å²) in [5.41, 5.74) is 3.38. The molecule has 0 fully saturated rings. The molecule has 28 heavy (non-hydrogen) atoms. The van der Waals surface area contributed by atoms with Crippen LogP contribution in [0.15, 0.2) is 67.0 Å². The van der Waals surface area contributed by atoms with Crippen LogP contribution >= 0.6 is 15.9 Å². The number of methoxy groups -OCH3 is 2. The number of nitrogens with zero attached hydrogens (tertiary/aromatic N) is 2. The predicted octanol–water partition coefficient (Wildman–Crippen LogP) is 4.09. The van der Waals surface area contributed by atoms with Gasteiger partial charge in [-0.3, -0.25) is 4.68 Å². The van der Waals surface area contributed by atoms with Crippen molar-refractivity contribution in [2.75, 3.05) is 14.2 Å². The third-order valence-electron chi connectivity index (χ3n) is 3.81. The first kappa shape index (κ1) is 21.4. The Bertz CT molecular complexity index is 876. The standard InChI is InChI=1S/C12H12N2O2.C9H9BrO2/c1-16-12(15)11-5-3-10(4-6-11)9-14-8-2-7-13-14;1-12-9(11)8-4-2-7(6-10)3-5-8/h2-8H,9H2,1H3;2-5H,6H2,1H3. The molecular formula is C21H21BrN2O4. The molecule has 0 aliphatic carbocycles. The lowest BCUT2D eigenvalue weighted by atomic mass is 10.1. The molecule has 1 aromatic heterocycles. The number of hydrogen-bond donors (Lipinski definition) is 0. The minimum absolute atomic E-state index is 0.295. The highest BCUT2D eigenvalue weighted by atomic mass is 79.9. The lowest BCUT2D eigenvalue weighted by Gasteiger charge is -2.03. The van der Waals surface area contributed by atoms with Crippen LogP contribution in [0.2, 0.25) is 0 Å². The van der Waals surface area contributed by atoms with E-state index in [-0.39, 0.29) is 11.9 Å². The molecule has 7 heteroatoms. The second-order valence-electron chi connectivity index (χ2n) is 5.71. The Kier molecular flexibility index (Phi) is 8.42. The Morgan fingerprint density at radius 3 is 1.79 bits per heavy atom. The fourth-order valence-electron chi connectivity index (χ4n) is 2.29. The fraction of sp³-hybridized carbons (Fsp3) is 0.190. The molecule has 0 amide bonds. The van der Waals surface area contributed by atoms with Crippen molar-refractivity contribution in [2.24, 2.45) is 0 Å². The summed E-state index contributed by atoms with van der Waals surface area (Å²) < 4.78 is 11.0. The quantitative estimate of drug-likeness (QED) is 0.437. The number of benzene rings is 2. The normalized spacial score (nSPS) is 9.82. The average molecular weight is 445 g/mol. The van der Waals surface area contributed by atoms with Gasteiger partial charge in [0.1, 0.15) is 0 Å². The number of hydrogen-bond acceptors (Lipinski definition) is 5. The third-order valence-corrected chi connectivity index (χ3v) is 4.46. The van der Waals surface area contributed by atoms with Crippen LogP contribution in [0.4, 0.5) is 0 Å². The van der Waals surface area contributed by atoms with Gasteiger partial charge in [0.2, 0.25) is 0 Å². The number of ether oxygens (including phenoxy) is 2. The van der Waals surface area contributed by atoms with Crippen molar-refractivity contribution in [3.63, 3.8) is 0 Å². The lowest BCUT2D eigenvalue weighted by molar-refractivity contribution is 0.0592. The number of carbonyl (C=O) groups is 2. The average Bonchev–Trinajstić information content (AvgIpc) is 3.26. The number of alkyl halides is 1. The molecular weight excluding hydrogens is 424 g/mol. The molecule has 3 rings (SSSR count). The van der Waals surface area contributed by atoms with Gasteiger partial charge >= 0.3 is 11.9 Å². The first-order valence-corrected chi connectivity index (χ1v) is 9.57. The van der Waals surface area contributed by atoms with Gasteiger partial charge in [-0.2, -0.15) is 5.10 Å². The summed E-state index contributed by atoms with van der Waals surface area (Å²) in [6.45, 7) is 0.703. The van der Waals surface area contributed by atoms with E-state index < -0.39 is 0 Å². The summed E-state index contributed by atoms with van der Waals surface area (Å²) >= 11 is 3.32. The van der Waals surface area contributed by atoms with E-state index >= 15 is 0 Å². The van der Waals surface area contributed by atoms with Gasteiger partial charge in [0.15, 0.2) is 0 Å². The number of carbonyl (C=O) groups excluding carboxylic acids is 2. The molecule has 2 aromatic carbocycles. The minimum Gasteiger partial charge on any atom is -0.465 e. The molecule has 0 saturated carbocycles. The lowest BCUT2D eigenvalue weighted by Crippen LogP contribution is -2.03. The van der Waals surface area contributed by atoms with Gasteiger partial charge in [0.05, 0.1) is 31.9 Å². The van der Waals surface area contributed by atoms with Gasteiger partial charge in [-0.1, -0.05) is 40.2 Å². The molecule has 0 radical (unpaired) electrons. The Hall–Kier alpha value is -2.93. The van der Waals surface area contributed by atoms with Gasteiger partial charge in [0, 0.05) is 17.7 Å². The van der Waals surface area contributed by atoms with Crippen molar-refractivity contribution in [1.82, 2.24) is 9.78 Å². The smallest absolute Gasteiger partial charge is 0.337 e. The summed E-state index contributed by atoms with van der Waals surface area (Å²) in [5.74, 6) is -0.609. The molecule has 3 aromatic rings. The zero-order valence-electron chi connectivity index (χ0n) is 15.7. The molecule has 0 spiro atoms. The summed E-state index contributed by atoms with van der Waals surface area (Å²) in [6, 6.07) is 16.5. The maximum absolute atomic E-state index is 11.2. The highest BCUT2D eigenvalue weighted by Gasteiger charge is 2.04. The van der Waals surface area contributed by atoms with E-state index in [1.54, 1.807) is 30.5 Å². The molecule has 0 aliphatic heterocycles. The summed E-state index contributed by atoms with van der Waals surface area (Å²) in [6.07, 6.45) is 3.64. The number of rotatable bonds is 5. The van der Waals surface area contributed by atoms with Crippen LogP contribution in [0.3, 0.4) is 0 Å². The van der Waals surface area contributed by atoms with Crippen LogP contribution in [0.5, 0.6) is 0 Å². The number of halogens is 1. The van der Waals surface area contributed by atoms with Crippen LogP contribution in [0, 0.1) is 0 Å². The number of aromatic nitrogens is 2. The SMILES string of the molecule is COC(=O)c1ccc(CBr)cc1.COC(=O)c1ccc(Cn2cccn2)cc1. The van der Waals surface area contributed by atoms with Crippen LogP contribution in [-0.2, 0) is 21.3 Å². The van der Waals surface area contributed by atoms with E-state index in [4.69, 9.17) is 0 Å². The summed E-state index contributed by atoms with van der Waals surface area (Å²) in [5, 5.41) is 4.91. The topological polar surface area (TPSA) is 70.4 Å². The van der Waals surface area contributed by atoms with Gasteiger partial charge in [0.25, 0.3) is 0 Å². The van der Waals surface area contributed by atoms with E-state index in [2.05, 4.69) is 30.5 Å². The van der Waals surface area contributed by atoms with Crippen LogP contribution in [-0.4, -0.2) is 35.9 Å². The number of esters is 2. The molecule has 0 bridgehead atoms. The molecule has 0 N–H and O–H groups in total. The maximum atomic E-state index is 11.2. The Balaban J connectivity index is 0.000000209. The Morgan fingerprint density at radius 1 is 0.893 bits per heavy atom. The second kappa shape index (κ2) is 11.0. The van der Waals surface area contributed by atoms with Gasteiger partial charge in [-0.05, 0) is 41.5 Å². The zero-order valence-corrected chi connectivity index (χ0v) is 17.3. The molecule has 6 nitrogen and oxygen atoms in total. The van der Waals surface area contributed by atoms with Crippen LogP contribution < -0.4 is 0 Å². The van der Waals surface area contributed by atoms with Crippen molar-refractivity contribution >= 4 is 27.9 Å². The fourth-order valence-corrected chi connectivity index (χ4v) is 2.67. The van der Waals surface area contributed by atoms with E-state index in [1.807, 2.05) is 41.2 Å². The van der Waals surface area contributed by atoms with Crippen LogP contribution in [0.1, 0.15) is 31.8 Å². The van der Waals surface area contributed by atoms with Gasteiger partial charge in [-0.25, -0.2) is 9.59 Å². The molecule has 0 aliphatic rings. The highest BCUT2D eigenvalue weighted by Crippen LogP contribution is 2.08. The zero-order chi connectivity index (χ0) is 20.4. The first-order valence-electron chi connectivity index (χ1n) is 8.45. The monoisotopic (exact) mass is 444 g/mol. The van der Waals surface area contributed by atoms with Gasteiger partial charge < -0.3 is 9.47 Å². The van der Waals surface area contributed by atoms with E-state index in [1.165, 1.54) is 14.2 Å². The molecule has 1 heterocycles. The Morgan fingerprint density at radius 2 is 1.39 bits per heavy atom. The second-order valence-corrected chi connectivity index (χ2v) is 6.28. The van der Waals surface area contributed by atoms with Crippen molar-refractivity contribution in [2.45, 2.75) is 11.9 Å². The van der Waals surface area contributed by atoms with E-state index in [9.17, 15) is 9.59 Å². The van der Waals surface area contributed by atoms with E-state index in [0.717, 1.165) is 16.5 Å². The van der Waals surface area contributed by atoms with Gasteiger partial charge in [-0.15, -0.1) is 0 Å². The molecule has 0 saturated heterocycles.